The van der Waals surface area contributed by atoms with Crippen molar-refractivity contribution in [3.63, 3.8) is 0 Å². The second-order valence-corrected chi connectivity index (χ2v) is 8.11. The molecule has 154 valence electrons. The van der Waals surface area contributed by atoms with Crippen LogP contribution in [0.1, 0.15) is 41.6 Å². The van der Waals surface area contributed by atoms with Gasteiger partial charge in [-0.3, -0.25) is 14.2 Å². The van der Waals surface area contributed by atoms with Gasteiger partial charge in [-0.1, -0.05) is 25.0 Å². The van der Waals surface area contributed by atoms with E-state index in [2.05, 4.69) is 10.3 Å². The highest BCUT2D eigenvalue weighted by Crippen LogP contribution is 2.34. The molecule has 0 bridgehead atoms. The van der Waals surface area contributed by atoms with Crippen molar-refractivity contribution in [1.29, 1.82) is 0 Å². The summed E-state index contributed by atoms with van der Waals surface area (Å²) in [5.74, 6) is 1.09. The number of carbonyl (C=O) groups excluding carboxylic acids is 1. The van der Waals surface area contributed by atoms with Gasteiger partial charge in [-0.25, -0.2) is 0 Å². The summed E-state index contributed by atoms with van der Waals surface area (Å²) < 4.78 is 12.6. The normalized spacial score (nSPS) is 15.6. The Kier molecular flexibility index (Phi) is 4.78. The van der Waals surface area contributed by atoms with Crippen LogP contribution in [-0.2, 0) is 6.54 Å². The molecule has 1 saturated carbocycles. The minimum absolute atomic E-state index is 0.0512. The minimum Gasteiger partial charge on any atom is -0.454 e. The second kappa shape index (κ2) is 7.60. The Hall–Kier alpha value is -3.13. The highest BCUT2D eigenvalue weighted by atomic mass is 32.1. The van der Waals surface area contributed by atoms with Crippen LogP contribution in [0, 0.1) is 4.77 Å². The Morgan fingerprint density at radius 2 is 1.83 bits per heavy atom. The number of aromatic amines is 1. The van der Waals surface area contributed by atoms with Gasteiger partial charge in [0.2, 0.25) is 6.79 Å². The van der Waals surface area contributed by atoms with Crippen LogP contribution < -0.4 is 20.3 Å². The van der Waals surface area contributed by atoms with E-state index < -0.39 is 0 Å². The second-order valence-electron chi connectivity index (χ2n) is 7.72. The number of H-pyrrole nitrogens is 1. The number of fused-ring (bicyclic) bond motifs is 2. The zero-order valence-corrected chi connectivity index (χ0v) is 17.1. The fourth-order valence-corrected chi connectivity index (χ4v) is 4.33. The van der Waals surface area contributed by atoms with E-state index >= 15 is 0 Å². The first-order valence-corrected chi connectivity index (χ1v) is 10.5. The molecule has 8 heteroatoms. The predicted octanol–water partition coefficient (Wildman–Crippen LogP) is 3.51. The van der Waals surface area contributed by atoms with Crippen LogP contribution in [0.2, 0.25) is 0 Å². The molecule has 3 aromatic rings. The number of amides is 1. The molecule has 2 N–H and O–H groups in total. The Bertz CT molecular complexity index is 1240. The van der Waals surface area contributed by atoms with Gasteiger partial charge in [-0.2, -0.15) is 0 Å². The summed E-state index contributed by atoms with van der Waals surface area (Å²) in [6.07, 6.45) is 4.44. The molecule has 0 atom stereocenters. The lowest BCUT2D eigenvalue weighted by Gasteiger charge is -2.12. The number of nitrogens with zero attached hydrogens (tertiary/aromatic N) is 1. The van der Waals surface area contributed by atoms with Crippen LogP contribution in [0.15, 0.2) is 41.2 Å². The van der Waals surface area contributed by atoms with Crippen molar-refractivity contribution < 1.29 is 14.3 Å². The van der Waals surface area contributed by atoms with Gasteiger partial charge in [0.1, 0.15) is 0 Å². The first-order valence-electron chi connectivity index (χ1n) is 10.0. The summed E-state index contributed by atoms with van der Waals surface area (Å²) in [5, 5.41) is 3.57. The van der Waals surface area contributed by atoms with E-state index in [9.17, 15) is 9.59 Å². The molecule has 2 aliphatic rings. The third kappa shape index (κ3) is 3.47. The molecule has 5 rings (SSSR count). The number of rotatable bonds is 4. The molecular weight excluding hydrogens is 402 g/mol. The van der Waals surface area contributed by atoms with Gasteiger partial charge in [-0.05, 0) is 48.8 Å². The summed E-state index contributed by atoms with van der Waals surface area (Å²) in [7, 11) is 0. The molecule has 1 aliphatic heterocycles. The van der Waals surface area contributed by atoms with Crippen molar-refractivity contribution in [1.82, 2.24) is 14.9 Å². The van der Waals surface area contributed by atoms with E-state index in [4.69, 9.17) is 21.7 Å². The fourth-order valence-electron chi connectivity index (χ4n) is 4.07. The number of hydrogen-bond acceptors (Lipinski definition) is 5. The molecule has 30 heavy (non-hydrogen) atoms. The smallest absolute Gasteiger partial charge is 0.262 e. The van der Waals surface area contributed by atoms with Crippen molar-refractivity contribution in [2.24, 2.45) is 0 Å². The maximum atomic E-state index is 13.0. The molecule has 0 spiro atoms. The standard InChI is InChI=1S/C22H21N3O4S/c26-20(23-15-3-1-2-4-15)14-7-5-13(6-8-14)11-25-21(27)16-9-18-19(29-12-28-18)10-17(16)24-22(25)30/h5-10,15H,1-4,11-12H2,(H,23,26)(H,24,30). The number of carbonyl (C=O) groups is 1. The number of nitrogens with one attached hydrogen (secondary N) is 2. The van der Waals surface area contributed by atoms with Crippen molar-refractivity contribution in [2.75, 3.05) is 6.79 Å². The maximum absolute atomic E-state index is 13.0. The van der Waals surface area contributed by atoms with Crippen LogP contribution in [0.4, 0.5) is 0 Å². The SMILES string of the molecule is O=C(NC1CCCC1)c1ccc(Cn2c(=S)[nH]c3cc4c(cc3c2=O)OCO4)cc1. The highest BCUT2D eigenvalue weighted by Gasteiger charge is 2.19. The van der Waals surface area contributed by atoms with Gasteiger partial charge in [-0.15, -0.1) is 0 Å². The summed E-state index contributed by atoms with van der Waals surface area (Å²) >= 11 is 5.41. The Balaban J connectivity index is 1.40. The lowest BCUT2D eigenvalue weighted by molar-refractivity contribution is 0.0938. The molecule has 0 radical (unpaired) electrons. The van der Waals surface area contributed by atoms with E-state index in [1.807, 2.05) is 12.1 Å². The van der Waals surface area contributed by atoms with Gasteiger partial charge in [0.15, 0.2) is 16.3 Å². The van der Waals surface area contributed by atoms with Gasteiger partial charge >= 0.3 is 0 Å². The summed E-state index contributed by atoms with van der Waals surface area (Å²) in [5.41, 5.74) is 1.92. The Labute approximate surface area is 177 Å². The Morgan fingerprint density at radius 1 is 1.13 bits per heavy atom. The third-order valence-electron chi connectivity index (χ3n) is 5.72. The summed E-state index contributed by atoms with van der Waals surface area (Å²) in [4.78, 5) is 28.5. The average Bonchev–Trinajstić information content (AvgIpc) is 3.42. The van der Waals surface area contributed by atoms with Gasteiger partial charge in [0, 0.05) is 17.7 Å². The number of ether oxygens (including phenoxy) is 2. The molecule has 1 amide bonds. The first-order chi connectivity index (χ1) is 14.6. The van der Waals surface area contributed by atoms with Crippen LogP contribution in [0.3, 0.4) is 0 Å². The largest absolute Gasteiger partial charge is 0.454 e. The van der Waals surface area contributed by atoms with E-state index in [-0.39, 0.29) is 24.3 Å². The van der Waals surface area contributed by atoms with Gasteiger partial charge in [0.05, 0.1) is 17.4 Å². The van der Waals surface area contributed by atoms with E-state index in [0.717, 1.165) is 18.4 Å². The molecule has 0 unspecified atom stereocenters. The van der Waals surface area contributed by atoms with E-state index in [0.29, 0.717) is 39.3 Å². The number of aromatic nitrogens is 2. The number of benzene rings is 2. The maximum Gasteiger partial charge on any atom is 0.262 e. The Morgan fingerprint density at radius 3 is 2.57 bits per heavy atom. The van der Waals surface area contributed by atoms with Crippen molar-refractivity contribution in [2.45, 2.75) is 38.3 Å². The molecular formula is C22H21N3O4S. The summed E-state index contributed by atoms with van der Waals surface area (Å²) in [6, 6.07) is 11.0. The highest BCUT2D eigenvalue weighted by molar-refractivity contribution is 7.71. The molecule has 1 aliphatic carbocycles. The lowest BCUT2D eigenvalue weighted by Crippen LogP contribution is -2.32. The van der Waals surface area contributed by atoms with Gasteiger partial charge in [0.25, 0.3) is 11.5 Å². The van der Waals surface area contributed by atoms with Crippen LogP contribution in [-0.4, -0.2) is 28.3 Å². The molecule has 0 saturated heterocycles. The quantitative estimate of drug-likeness (QED) is 0.628. The van der Waals surface area contributed by atoms with Crippen LogP contribution >= 0.6 is 12.2 Å². The molecule has 1 fully saturated rings. The lowest BCUT2D eigenvalue weighted by atomic mass is 10.1. The molecule has 1 aromatic heterocycles. The fraction of sp³-hybridized carbons (Fsp3) is 0.318. The van der Waals surface area contributed by atoms with Crippen molar-refractivity contribution >= 4 is 29.0 Å². The van der Waals surface area contributed by atoms with Crippen molar-refractivity contribution in [3.05, 3.63) is 62.6 Å². The van der Waals surface area contributed by atoms with Crippen LogP contribution in [0.5, 0.6) is 11.5 Å². The molecule has 2 heterocycles. The average molecular weight is 423 g/mol. The van der Waals surface area contributed by atoms with E-state index in [1.54, 1.807) is 24.3 Å². The summed E-state index contributed by atoms with van der Waals surface area (Å²) in [6.45, 7) is 0.449. The van der Waals surface area contributed by atoms with Crippen LogP contribution in [0.25, 0.3) is 10.9 Å². The minimum atomic E-state index is -0.199. The topological polar surface area (TPSA) is 85.4 Å². The predicted molar refractivity (Wildman–Crippen MR) is 115 cm³/mol. The van der Waals surface area contributed by atoms with Crippen molar-refractivity contribution in [3.8, 4) is 11.5 Å². The zero-order valence-electron chi connectivity index (χ0n) is 16.3. The first kappa shape index (κ1) is 18.9. The van der Waals surface area contributed by atoms with Gasteiger partial charge < -0.3 is 19.8 Å². The zero-order chi connectivity index (χ0) is 20.7. The molecule has 2 aromatic carbocycles. The monoisotopic (exact) mass is 423 g/mol. The van der Waals surface area contributed by atoms with E-state index in [1.165, 1.54) is 17.4 Å². The third-order valence-corrected chi connectivity index (χ3v) is 6.04. The molecule has 7 nitrogen and oxygen atoms in total. The number of hydrogen-bond donors (Lipinski definition) is 2.